The van der Waals surface area contributed by atoms with Gasteiger partial charge in [0.15, 0.2) is 0 Å². The van der Waals surface area contributed by atoms with Crippen LogP contribution in [0, 0.1) is 5.41 Å². The number of hydrogen-bond donors (Lipinski definition) is 3. The van der Waals surface area contributed by atoms with Crippen molar-refractivity contribution in [3.63, 3.8) is 0 Å². The third kappa shape index (κ3) is 4.64. The molecule has 0 heterocycles. The second-order valence-electron chi connectivity index (χ2n) is 5.10. The van der Waals surface area contributed by atoms with Crippen LogP contribution in [0.2, 0.25) is 0 Å². The summed E-state index contributed by atoms with van der Waals surface area (Å²) in [6, 6.07) is 6.90. The smallest absolute Gasteiger partial charge is 0.250 e. The van der Waals surface area contributed by atoms with Crippen LogP contribution in [-0.2, 0) is 14.3 Å². The highest BCUT2D eigenvalue weighted by atomic mass is 16.5. The molecule has 0 aliphatic rings. The molecule has 20 heavy (non-hydrogen) atoms. The van der Waals surface area contributed by atoms with Gasteiger partial charge in [0.05, 0.1) is 5.41 Å². The first-order valence-corrected chi connectivity index (χ1v) is 6.29. The SMILES string of the molecule is COCC(=O)Nc1cccc(NC(=O)C(C)(C)CN)c1. The molecule has 110 valence electrons. The van der Waals surface area contributed by atoms with Crippen LogP contribution in [0.4, 0.5) is 11.4 Å². The maximum atomic E-state index is 12.0. The standard InChI is InChI=1S/C14H21N3O3/c1-14(2,9-15)13(19)17-11-6-4-5-10(7-11)16-12(18)8-20-3/h4-7H,8-9,15H2,1-3H3,(H,16,18)(H,17,19). The van der Waals surface area contributed by atoms with E-state index in [0.29, 0.717) is 11.4 Å². The Kier molecular flexibility index (Phi) is 5.66. The molecule has 1 rings (SSSR count). The molecule has 0 saturated carbocycles. The average molecular weight is 279 g/mol. The van der Waals surface area contributed by atoms with Crippen molar-refractivity contribution in [2.45, 2.75) is 13.8 Å². The molecule has 0 aromatic heterocycles. The third-order valence-electron chi connectivity index (χ3n) is 2.80. The lowest BCUT2D eigenvalue weighted by atomic mass is 9.92. The summed E-state index contributed by atoms with van der Waals surface area (Å²) < 4.78 is 4.73. The van der Waals surface area contributed by atoms with E-state index in [2.05, 4.69) is 10.6 Å². The average Bonchev–Trinajstić information content (AvgIpc) is 2.39. The summed E-state index contributed by atoms with van der Waals surface area (Å²) in [5, 5.41) is 5.45. The van der Waals surface area contributed by atoms with Gasteiger partial charge in [0.2, 0.25) is 11.8 Å². The van der Waals surface area contributed by atoms with Gasteiger partial charge >= 0.3 is 0 Å². The van der Waals surface area contributed by atoms with Gasteiger partial charge in [0, 0.05) is 25.0 Å². The summed E-state index contributed by atoms with van der Waals surface area (Å²) >= 11 is 0. The lowest BCUT2D eigenvalue weighted by Crippen LogP contribution is -2.37. The minimum absolute atomic E-state index is 0.0171. The Morgan fingerprint density at radius 2 is 1.85 bits per heavy atom. The van der Waals surface area contributed by atoms with Crippen LogP contribution >= 0.6 is 0 Å². The van der Waals surface area contributed by atoms with E-state index in [9.17, 15) is 9.59 Å². The van der Waals surface area contributed by atoms with Crippen molar-refractivity contribution in [3.05, 3.63) is 24.3 Å². The van der Waals surface area contributed by atoms with Gasteiger partial charge < -0.3 is 21.1 Å². The molecule has 1 aromatic rings. The fourth-order valence-electron chi connectivity index (χ4n) is 1.40. The van der Waals surface area contributed by atoms with Crippen molar-refractivity contribution < 1.29 is 14.3 Å². The quantitative estimate of drug-likeness (QED) is 0.729. The third-order valence-corrected chi connectivity index (χ3v) is 2.80. The zero-order chi connectivity index (χ0) is 15.2. The number of anilines is 2. The number of carbonyl (C=O) groups excluding carboxylic acids is 2. The lowest BCUT2D eigenvalue weighted by molar-refractivity contribution is -0.123. The molecule has 2 amide bonds. The second-order valence-corrected chi connectivity index (χ2v) is 5.10. The predicted octanol–water partition coefficient (Wildman–Crippen LogP) is 1.19. The molecule has 0 spiro atoms. The molecule has 0 atom stereocenters. The van der Waals surface area contributed by atoms with Gasteiger partial charge in [-0.2, -0.15) is 0 Å². The molecule has 0 aliphatic heterocycles. The fourth-order valence-corrected chi connectivity index (χ4v) is 1.40. The Hall–Kier alpha value is -1.92. The highest BCUT2D eigenvalue weighted by molar-refractivity contribution is 5.96. The van der Waals surface area contributed by atoms with E-state index in [-0.39, 0.29) is 25.0 Å². The summed E-state index contributed by atoms with van der Waals surface area (Å²) in [6.07, 6.45) is 0. The topological polar surface area (TPSA) is 93.5 Å². The Bertz CT molecular complexity index is 486. The number of hydrogen-bond acceptors (Lipinski definition) is 4. The summed E-state index contributed by atoms with van der Waals surface area (Å²) in [7, 11) is 1.45. The number of ether oxygens (including phenoxy) is 1. The van der Waals surface area contributed by atoms with Crippen LogP contribution in [0.5, 0.6) is 0 Å². The Labute approximate surface area is 118 Å². The lowest BCUT2D eigenvalue weighted by Gasteiger charge is -2.21. The first-order chi connectivity index (χ1) is 9.39. The van der Waals surface area contributed by atoms with Gasteiger partial charge in [-0.05, 0) is 32.0 Å². The molecule has 6 heteroatoms. The fraction of sp³-hybridized carbons (Fsp3) is 0.429. The number of benzene rings is 1. The van der Waals surface area contributed by atoms with Gasteiger partial charge in [-0.15, -0.1) is 0 Å². The normalized spacial score (nSPS) is 11.0. The maximum Gasteiger partial charge on any atom is 0.250 e. The van der Waals surface area contributed by atoms with E-state index in [1.54, 1.807) is 38.1 Å². The number of amides is 2. The Balaban J connectivity index is 2.74. The monoisotopic (exact) mass is 279 g/mol. The molecule has 0 unspecified atom stereocenters. The molecule has 1 aromatic carbocycles. The van der Waals surface area contributed by atoms with Crippen LogP contribution in [0.1, 0.15) is 13.8 Å². The second kappa shape index (κ2) is 7.02. The molecular formula is C14H21N3O3. The highest BCUT2D eigenvalue weighted by Crippen LogP contribution is 2.19. The van der Waals surface area contributed by atoms with Crippen molar-refractivity contribution >= 4 is 23.2 Å². The zero-order valence-corrected chi connectivity index (χ0v) is 12.0. The number of methoxy groups -OCH3 is 1. The summed E-state index contributed by atoms with van der Waals surface area (Å²) in [4.78, 5) is 23.4. The van der Waals surface area contributed by atoms with Crippen LogP contribution in [-0.4, -0.2) is 32.1 Å². The van der Waals surface area contributed by atoms with E-state index >= 15 is 0 Å². The minimum atomic E-state index is -0.644. The number of rotatable bonds is 6. The summed E-state index contributed by atoms with van der Waals surface area (Å²) in [6.45, 7) is 3.78. The van der Waals surface area contributed by atoms with Crippen molar-refractivity contribution in [2.75, 3.05) is 30.9 Å². The molecule has 0 bridgehead atoms. The van der Waals surface area contributed by atoms with Gasteiger partial charge in [-0.25, -0.2) is 0 Å². The van der Waals surface area contributed by atoms with E-state index in [4.69, 9.17) is 10.5 Å². The highest BCUT2D eigenvalue weighted by Gasteiger charge is 2.25. The minimum Gasteiger partial charge on any atom is -0.375 e. The number of nitrogens with one attached hydrogen (secondary N) is 2. The van der Waals surface area contributed by atoms with Gasteiger partial charge in [0.1, 0.15) is 6.61 Å². The van der Waals surface area contributed by atoms with Crippen molar-refractivity contribution in [1.82, 2.24) is 0 Å². The molecular weight excluding hydrogens is 258 g/mol. The molecule has 0 saturated heterocycles. The van der Waals surface area contributed by atoms with Crippen molar-refractivity contribution in [1.29, 1.82) is 0 Å². The molecule has 4 N–H and O–H groups in total. The maximum absolute atomic E-state index is 12.0. The van der Waals surface area contributed by atoms with Crippen LogP contribution in [0.25, 0.3) is 0 Å². The van der Waals surface area contributed by atoms with Gasteiger partial charge in [-0.3, -0.25) is 9.59 Å². The van der Waals surface area contributed by atoms with E-state index in [1.165, 1.54) is 7.11 Å². The van der Waals surface area contributed by atoms with E-state index in [1.807, 2.05) is 0 Å². The summed E-state index contributed by atoms with van der Waals surface area (Å²) in [5.41, 5.74) is 6.11. The van der Waals surface area contributed by atoms with E-state index < -0.39 is 5.41 Å². The largest absolute Gasteiger partial charge is 0.375 e. The van der Waals surface area contributed by atoms with Gasteiger partial charge in [-0.1, -0.05) is 6.07 Å². The van der Waals surface area contributed by atoms with Gasteiger partial charge in [0.25, 0.3) is 0 Å². The molecule has 6 nitrogen and oxygen atoms in total. The zero-order valence-electron chi connectivity index (χ0n) is 12.0. The number of nitrogens with two attached hydrogens (primary N) is 1. The van der Waals surface area contributed by atoms with Crippen LogP contribution < -0.4 is 16.4 Å². The first-order valence-electron chi connectivity index (χ1n) is 6.29. The molecule has 0 aliphatic carbocycles. The first kappa shape index (κ1) is 16.1. The Morgan fingerprint density at radius 1 is 1.25 bits per heavy atom. The predicted molar refractivity (Wildman–Crippen MR) is 78.4 cm³/mol. The van der Waals surface area contributed by atoms with E-state index in [0.717, 1.165) is 0 Å². The van der Waals surface area contributed by atoms with Crippen LogP contribution in [0.3, 0.4) is 0 Å². The Morgan fingerprint density at radius 3 is 2.40 bits per heavy atom. The van der Waals surface area contributed by atoms with Crippen molar-refractivity contribution in [3.8, 4) is 0 Å². The van der Waals surface area contributed by atoms with Crippen molar-refractivity contribution in [2.24, 2.45) is 11.1 Å². The number of carbonyl (C=O) groups is 2. The molecule has 0 fully saturated rings. The van der Waals surface area contributed by atoms with Crippen LogP contribution in [0.15, 0.2) is 24.3 Å². The summed E-state index contributed by atoms with van der Waals surface area (Å²) in [5.74, 6) is -0.418. The molecule has 0 radical (unpaired) electrons.